The first-order chi connectivity index (χ1) is 19.7. The molecule has 1 aliphatic rings. The predicted octanol–water partition coefficient (Wildman–Crippen LogP) is 6.27. The molecule has 5 aromatic rings. The number of pyridine rings is 2. The van der Waals surface area contributed by atoms with Gasteiger partial charge in [-0.2, -0.15) is 0 Å². The summed E-state index contributed by atoms with van der Waals surface area (Å²) in [6.07, 6.45) is 6.05. The summed E-state index contributed by atoms with van der Waals surface area (Å²) in [6, 6.07) is 19.2. The van der Waals surface area contributed by atoms with E-state index >= 15 is 0 Å². The van der Waals surface area contributed by atoms with Crippen molar-refractivity contribution in [2.75, 3.05) is 5.32 Å². The Bertz CT molecular complexity index is 1790. The van der Waals surface area contributed by atoms with Gasteiger partial charge in [-0.25, -0.2) is 9.37 Å². The van der Waals surface area contributed by atoms with Crippen molar-refractivity contribution in [3.63, 3.8) is 0 Å². The molecule has 0 atom stereocenters. The minimum atomic E-state index is -0.541. The number of nitrogens with one attached hydrogen (secondary N) is 1. The van der Waals surface area contributed by atoms with E-state index in [1.807, 2.05) is 35.9 Å². The summed E-state index contributed by atoms with van der Waals surface area (Å²) >= 11 is 0. The van der Waals surface area contributed by atoms with E-state index in [-0.39, 0.29) is 5.56 Å². The second kappa shape index (κ2) is 11.6. The molecule has 3 heterocycles. The van der Waals surface area contributed by atoms with E-state index in [0.717, 1.165) is 24.2 Å². The number of aryl methyl sites for hydroxylation is 2. The molecule has 0 bridgehead atoms. The summed E-state index contributed by atoms with van der Waals surface area (Å²) in [5, 5.41) is 2.74. The molecule has 1 saturated carbocycles. The van der Waals surface area contributed by atoms with E-state index in [1.165, 1.54) is 34.9 Å². The number of Topliss-reactive ketones (excluding diaryl/α,β-unsaturated/α-hetero) is 1. The van der Waals surface area contributed by atoms with Crippen LogP contribution in [0, 0.1) is 25.6 Å². The summed E-state index contributed by atoms with van der Waals surface area (Å²) in [5.41, 5.74) is 2.86. The van der Waals surface area contributed by atoms with Gasteiger partial charge in [0.05, 0.1) is 11.9 Å². The Labute approximate surface area is 236 Å². The number of amides is 1. The van der Waals surface area contributed by atoms with Crippen LogP contribution in [-0.2, 0) is 4.79 Å². The molecule has 208 valence electrons. The van der Waals surface area contributed by atoms with Gasteiger partial charge in [0, 0.05) is 29.2 Å². The Morgan fingerprint density at radius 2 is 1.59 bits per heavy atom. The van der Waals surface area contributed by atoms with Crippen LogP contribution < -0.4 is 15.6 Å². The van der Waals surface area contributed by atoms with Crippen LogP contribution in [-0.4, -0.2) is 25.6 Å². The quantitative estimate of drug-likeness (QED) is 0.268. The average molecular weight is 553 g/mol. The molecule has 1 fully saturated rings. The normalized spacial score (nSPS) is 12.4. The standard InChI is InChI=1S/C27H21FN4O3.C5H8O/c1-17-15-31-16-23(12-14-25(31)29-17)35-22-10-6-20(7-11-22)30-26(33)24-13-3-18(2)32(27(24)34)21-8-4-19(28)5-9-21;1-4(6)5-2-3-5/h3-16H,1-2H3,(H,30,33);5H,2-3H2,1H3. The molecule has 1 amide bonds. The van der Waals surface area contributed by atoms with Gasteiger partial charge in [-0.15, -0.1) is 0 Å². The number of benzene rings is 2. The number of hydrogen-bond donors (Lipinski definition) is 1. The molecular formula is C32H29FN4O4. The maximum absolute atomic E-state index is 13.3. The number of nitrogens with zero attached hydrogens (tertiary/aromatic N) is 3. The van der Waals surface area contributed by atoms with Crippen LogP contribution in [0.2, 0.25) is 0 Å². The van der Waals surface area contributed by atoms with Gasteiger partial charge >= 0.3 is 0 Å². The number of carbonyl (C=O) groups is 2. The van der Waals surface area contributed by atoms with Crippen LogP contribution in [0.15, 0.2) is 90.0 Å². The molecular weight excluding hydrogens is 523 g/mol. The van der Waals surface area contributed by atoms with E-state index in [2.05, 4.69) is 10.3 Å². The second-order valence-electron chi connectivity index (χ2n) is 9.98. The van der Waals surface area contributed by atoms with E-state index < -0.39 is 17.3 Å². The lowest BCUT2D eigenvalue weighted by atomic mass is 10.2. The third kappa shape index (κ3) is 6.58. The third-order valence-corrected chi connectivity index (χ3v) is 6.65. The molecule has 2 aromatic carbocycles. The fraction of sp³-hybridized carbons (Fsp3) is 0.188. The fourth-order valence-corrected chi connectivity index (χ4v) is 4.30. The first-order valence-corrected chi connectivity index (χ1v) is 13.2. The molecule has 41 heavy (non-hydrogen) atoms. The summed E-state index contributed by atoms with van der Waals surface area (Å²) < 4.78 is 22.5. The van der Waals surface area contributed by atoms with Crippen molar-refractivity contribution < 1.29 is 18.7 Å². The van der Waals surface area contributed by atoms with Crippen molar-refractivity contribution in [3.8, 4) is 17.2 Å². The summed E-state index contributed by atoms with van der Waals surface area (Å²) in [4.78, 5) is 40.5. The van der Waals surface area contributed by atoms with Crippen molar-refractivity contribution in [3.05, 3.63) is 118 Å². The zero-order valence-corrected chi connectivity index (χ0v) is 22.9. The highest BCUT2D eigenvalue weighted by atomic mass is 19.1. The number of aromatic nitrogens is 3. The fourth-order valence-electron chi connectivity index (χ4n) is 4.30. The van der Waals surface area contributed by atoms with Crippen LogP contribution in [0.1, 0.15) is 41.5 Å². The van der Waals surface area contributed by atoms with Gasteiger partial charge < -0.3 is 14.5 Å². The van der Waals surface area contributed by atoms with Crippen molar-refractivity contribution in [2.24, 2.45) is 5.92 Å². The van der Waals surface area contributed by atoms with Crippen LogP contribution in [0.4, 0.5) is 10.1 Å². The van der Waals surface area contributed by atoms with E-state index in [9.17, 15) is 18.8 Å². The van der Waals surface area contributed by atoms with Crippen LogP contribution in [0.25, 0.3) is 11.3 Å². The minimum absolute atomic E-state index is 0.0239. The summed E-state index contributed by atoms with van der Waals surface area (Å²) in [5.74, 6) is 1.12. The van der Waals surface area contributed by atoms with Gasteiger partial charge in [0.15, 0.2) is 0 Å². The number of fused-ring (bicyclic) bond motifs is 1. The second-order valence-corrected chi connectivity index (χ2v) is 9.98. The maximum atomic E-state index is 13.3. The molecule has 0 unspecified atom stereocenters. The molecule has 8 nitrogen and oxygen atoms in total. The molecule has 6 rings (SSSR count). The Hall–Kier alpha value is -5.05. The van der Waals surface area contributed by atoms with E-state index in [1.54, 1.807) is 44.2 Å². The van der Waals surface area contributed by atoms with Gasteiger partial charge in [0.1, 0.15) is 34.3 Å². The molecule has 9 heteroatoms. The topological polar surface area (TPSA) is 94.7 Å². The van der Waals surface area contributed by atoms with Crippen LogP contribution in [0.3, 0.4) is 0 Å². The Balaban J connectivity index is 0.000000500. The Kier molecular flexibility index (Phi) is 7.78. The number of halogens is 1. The monoisotopic (exact) mass is 552 g/mol. The molecule has 3 aromatic heterocycles. The maximum Gasteiger partial charge on any atom is 0.268 e. The van der Waals surface area contributed by atoms with Crippen molar-refractivity contribution in [2.45, 2.75) is 33.6 Å². The van der Waals surface area contributed by atoms with E-state index in [4.69, 9.17) is 4.74 Å². The van der Waals surface area contributed by atoms with Gasteiger partial charge in [0.2, 0.25) is 0 Å². The van der Waals surface area contributed by atoms with Crippen LogP contribution in [0.5, 0.6) is 11.5 Å². The lowest BCUT2D eigenvalue weighted by Crippen LogP contribution is -2.29. The zero-order chi connectivity index (χ0) is 29.1. The van der Waals surface area contributed by atoms with Crippen LogP contribution >= 0.6 is 0 Å². The first kappa shape index (κ1) is 27.5. The number of anilines is 1. The molecule has 0 spiro atoms. The number of imidazole rings is 1. The number of carbonyl (C=O) groups excluding carboxylic acids is 2. The van der Waals surface area contributed by atoms with Crippen molar-refractivity contribution in [1.29, 1.82) is 0 Å². The average Bonchev–Trinajstić information content (AvgIpc) is 3.73. The van der Waals surface area contributed by atoms with Gasteiger partial charge in [0.25, 0.3) is 11.5 Å². The van der Waals surface area contributed by atoms with Crippen molar-refractivity contribution >= 4 is 23.0 Å². The zero-order valence-electron chi connectivity index (χ0n) is 22.9. The number of rotatable bonds is 6. The highest BCUT2D eigenvalue weighted by Crippen LogP contribution is 2.29. The highest BCUT2D eigenvalue weighted by Gasteiger charge is 2.25. The van der Waals surface area contributed by atoms with Gasteiger partial charge in [-0.05, 0) is 106 Å². The summed E-state index contributed by atoms with van der Waals surface area (Å²) in [7, 11) is 0. The van der Waals surface area contributed by atoms with Crippen molar-refractivity contribution in [1.82, 2.24) is 14.0 Å². The number of ketones is 1. The lowest BCUT2D eigenvalue weighted by Gasteiger charge is -2.12. The van der Waals surface area contributed by atoms with Gasteiger partial charge in [-0.1, -0.05) is 0 Å². The highest BCUT2D eigenvalue weighted by molar-refractivity contribution is 6.04. The summed E-state index contributed by atoms with van der Waals surface area (Å²) in [6.45, 7) is 5.34. The first-order valence-electron chi connectivity index (χ1n) is 13.2. The smallest absolute Gasteiger partial charge is 0.268 e. The van der Waals surface area contributed by atoms with Gasteiger partial charge in [-0.3, -0.25) is 19.0 Å². The minimum Gasteiger partial charge on any atom is -0.456 e. The third-order valence-electron chi connectivity index (χ3n) is 6.65. The molecule has 0 aliphatic heterocycles. The molecule has 0 saturated heterocycles. The SMILES string of the molecule is CC(=O)C1CC1.Cc1cn2cc(Oc3ccc(NC(=O)c4ccc(C)n(-c5ccc(F)cc5)c4=O)cc3)ccc2n1. The molecule has 0 radical (unpaired) electrons. The largest absolute Gasteiger partial charge is 0.456 e. The molecule has 1 N–H and O–H groups in total. The number of hydrogen-bond acceptors (Lipinski definition) is 5. The Morgan fingerprint density at radius 1 is 0.902 bits per heavy atom. The predicted molar refractivity (Wildman–Crippen MR) is 155 cm³/mol. The molecule has 1 aliphatic carbocycles. The number of ether oxygens (including phenoxy) is 1. The lowest BCUT2D eigenvalue weighted by molar-refractivity contribution is -0.118. The van der Waals surface area contributed by atoms with E-state index in [0.29, 0.717) is 40.3 Å². The Morgan fingerprint density at radius 3 is 2.22 bits per heavy atom.